The number of aromatic nitrogens is 1. The number of hydrogen-bond acceptors (Lipinski definition) is 3. The van der Waals surface area contributed by atoms with Crippen molar-refractivity contribution in [2.24, 2.45) is 5.41 Å². The fourth-order valence-electron chi connectivity index (χ4n) is 2.14. The van der Waals surface area contributed by atoms with Crippen molar-refractivity contribution in [1.82, 2.24) is 4.98 Å². The van der Waals surface area contributed by atoms with Gasteiger partial charge in [0.2, 0.25) is 0 Å². The molecule has 0 amide bonds. The number of nitrogens with zero attached hydrogens (tertiary/aromatic N) is 2. The molecule has 0 aromatic carbocycles. The molecule has 4 heteroatoms. The molecule has 92 valence electrons. The predicted molar refractivity (Wildman–Crippen MR) is 66.4 cm³/mol. The maximum Gasteiger partial charge on any atom is 0.339 e. The quantitative estimate of drug-likeness (QED) is 0.853. The van der Waals surface area contributed by atoms with Crippen molar-refractivity contribution in [2.45, 2.75) is 26.7 Å². The molecule has 1 saturated heterocycles. The largest absolute Gasteiger partial charge is 0.478 e. The van der Waals surface area contributed by atoms with Crippen molar-refractivity contribution in [3.63, 3.8) is 0 Å². The molecule has 1 aromatic heterocycles. The Kier molecular flexibility index (Phi) is 3.05. The molecule has 17 heavy (non-hydrogen) atoms. The molecule has 4 nitrogen and oxygen atoms in total. The Morgan fingerprint density at radius 1 is 1.41 bits per heavy atom. The van der Waals surface area contributed by atoms with Gasteiger partial charge >= 0.3 is 5.97 Å². The van der Waals surface area contributed by atoms with Crippen molar-refractivity contribution in [3.8, 4) is 0 Å². The summed E-state index contributed by atoms with van der Waals surface area (Å²) in [5, 5.41) is 9.13. The van der Waals surface area contributed by atoms with Crippen molar-refractivity contribution >= 4 is 11.8 Å². The van der Waals surface area contributed by atoms with Gasteiger partial charge in [0.25, 0.3) is 0 Å². The van der Waals surface area contributed by atoms with Gasteiger partial charge in [-0.05, 0) is 30.4 Å². The van der Waals surface area contributed by atoms with Gasteiger partial charge in [-0.3, -0.25) is 0 Å². The van der Waals surface area contributed by atoms with Gasteiger partial charge in [-0.1, -0.05) is 13.8 Å². The lowest BCUT2D eigenvalue weighted by molar-refractivity contribution is 0.0697. The standard InChI is InChI=1S/C13H18N2O2/c1-13(2)5-8-15(9-6-13)11-10(12(16)17)4-3-7-14-11/h3-4,7H,5-6,8-9H2,1-2H3,(H,16,17). The highest BCUT2D eigenvalue weighted by molar-refractivity contribution is 5.93. The Hall–Kier alpha value is -1.58. The SMILES string of the molecule is CC1(C)CCN(c2ncccc2C(=O)O)CC1. The van der Waals surface area contributed by atoms with Crippen molar-refractivity contribution in [2.75, 3.05) is 18.0 Å². The molecule has 0 aliphatic carbocycles. The third-order valence-electron chi connectivity index (χ3n) is 3.43. The van der Waals surface area contributed by atoms with E-state index in [-0.39, 0.29) is 0 Å². The van der Waals surface area contributed by atoms with E-state index in [0.717, 1.165) is 25.9 Å². The summed E-state index contributed by atoms with van der Waals surface area (Å²) >= 11 is 0. The third-order valence-corrected chi connectivity index (χ3v) is 3.43. The summed E-state index contributed by atoms with van der Waals surface area (Å²) in [4.78, 5) is 17.4. The van der Waals surface area contributed by atoms with Crippen LogP contribution in [0, 0.1) is 5.41 Å². The number of rotatable bonds is 2. The average Bonchev–Trinajstić information content (AvgIpc) is 2.29. The number of pyridine rings is 1. The van der Waals surface area contributed by atoms with Gasteiger partial charge in [0.1, 0.15) is 11.4 Å². The van der Waals surface area contributed by atoms with Gasteiger partial charge in [-0.15, -0.1) is 0 Å². The zero-order valence-electron chi connectivity index (χ0n) is 10.3. The number of hydrogen-bond donors (Lipinski definition) is 1. The molecule has 1 fully saturated rings. The highest BCUT2D eigenvalue weighted by Crippen LogP contribution is 2.32. The predicted octanol–water partition coefficient (Wildman–Crippen LogP) is 2.41. The molecule has 2 heterocycles. The highest BCUT2D eigenvalue weighted by atomic mass is 16.4. The van der Waals surface area contributed by atoms with Gasteiger partial charge in [0.15, 0.2) is 0 Å². The van der Waals surface area contributed by atoms with Gasteiger partial charge in [-0.25, -0.2) is 9.78 Å². The van der Waals surface area contributed by atoms with E-state index in [1.54, 1.807) is 18.3 Å². The van der Waals surface area contributed by atoms with Crippen LogP contribution in [-0.4, -0.2) is 29.1 Å². The molecule has 0 saturated carbocycles. The Labute approximate surface area is 101 Å². The molecule has 1 N–H and O–H groups in total. The van der Waals surface area contributed by atoms with Crippen molar-refractivity contribution < 1.29 is 9.90 Å². The fraction of sp³-hybridized carbons (Fsp3) is 0.538. The Balaban J connectivity index is 2.21. The molecule has 0 radical (unpaired) electrons. The second-order valence-electron chi connectivity index (χ2n) is 5.33. The van der Waals surface area contributed by atoms with E-state index in [1.165, 1.54) is 0 Å². The van der Waals surface area contributed by atoms with Gasteiger partial charge in [-0.2, -0.15) is 0 Å². The van der Waals surface area contributed by atoms with Crippen molar-refractivity contribution in [3.05, 3.63) is 23.9 Å². The zero-order chi connectivity index (χ0) is 12.5. The van der Waals surface area contributed by atoms with Crippen LogP contribution in [0.2, 0.25) is 0 Å². The monoisotopic (exact) mass is 234 g/mol. The Morgan fingerprint density at radius 2 is 2.06 bits per heavy atom. The van der Waals surface area contributed by atoms with Gasteiger partial charge < -0.3 is 10.0 Å². The molecule has 1 aliphatic rings. The van der Waals surface area contributed by atoms with Gasteiger partial charge in [0.05, 0.1) is 0 Å². The van der Waals surface area contributed by atoms with Crippen LogP contribution in [0.4, 0.5) is 5.82 Å². The van der Waals surface area contributed by atoms with Crippen LogP contribution in [-0.2, 0) is 0 Å². The zero-order valence-corrected chi connectivity index (χ0v) is 10.3. The van der Waals surface area contributed by atoms with Crippen LogP contribution in [0.3, 0.4) is 0 Å². The minimum atomic E-state index is -0.905. The van der Waals surface area contributed by atoms with Crippen LogP contribution in [0.25, 0.3) is 0 Å². The molecular weight excluding hydrogens is 216 g/mol. The van der Waals surface area contributed by atoms with Crippen LogP contribution in [0.5, 0.6) is 0 Å². The molecule has 0 bridgehead atoms. The van der Waals surface area contributed by atoms with Crippen LogP contribution >= 0.6 is 0 Å². The molecule has 0 atom stereocenters. The lowest BCUT2D eigenvalue weighted by Crippen LogP contribution is -2.38. The normalized spacial score (nSPS) is 19.1. The minimum Gasteiger partial charge on any atom is -0.478 e. The first-order chi connectivity index (χ1) is 7.99. The summed E-state index contributed by atoms with van der Waals surface area (Å²) < 4.78 is 0. The minimum absolute atomic E-state index is 0.298. The number of carboxylic acids is 1. The molecule has 1 aliphatic heterocycles. The van der Waals surface area contributed by atoms with E-state index in [2.05, 4.69) is 23.7 Å². The molecule has 2 rings (SSSR count). The van der Waals surface area contributed by atoms with Crippen LogP contribution in [0.1, 0.15) is 37.0 Å². The van der Waals surface area contributed by atoms with E-state index in [0.29, 0.717) is 16.8 Å². The van der Waals surface area contributed by atoms with E-state index in [9.17, 15) is 4.79 Å². The van der Waals surface area contributed by atoms with E-state index >= 15 is 0 Å². The van der Waals surface area contributed by atoms with E-state index < -0.39 is 5.97 Å². The first-order valence-corrected chi connectivity index (χ1v) is 5.93. The molecular formula is C13H18N2O2. The van der Waals surface area contributed by atoms with Crippen LogP contribution in [0.15, 0.2) is 18.3 Å². The fourth-order valence-corrected chi connectivity index (χ4v) is 2.14. The number of carboxylic acid groups (broad SMARTS) is 1. The topological polar surface area (TPSA) is 53.4 Å². The first kappa shape index (κ1) is 11.9. The molecule has 0 spiro atoms. The summed E-state index contributed by atoms with van der Waals surface area (Å²) in [5.41, 5.74) is 0.654. The number of aromatic carboxylic acids is 1. The first-order valence-electron chi connectivity index (χ1n) is 5.93. The molecule has 1 aromatic rings. The summed E-state index contributed by atoms with van der Waals surface area (Å²) in [5.74, 6) is -0.298. The maximum atomic E-state index is 11.1. The summed E-state index contributed by atoms with van der Waals surface area (Å²) in [6, 6.07) is 3.28. The number of piperidine rings is 1. The van der Waals surface area contributed by atoms with Crippen molar-refractivity contribution in [1.29, 1.82) is 0 Å². The number of anilines is 1. The van der Waals surface area contributed by atoms with E-state index in [1.807, 2.05) is 0 Å². The third kappa shape index (κ3) is 2.57. The summed E-state index contributed by atoms with van der Waals surface area (Å²) in [6.07, 6.45) is 3.80. The smallest absolute Gasteiger partial charge is 0.339 e. The maximum absolute atomic E-state index is 11.1. The summed E-state index contributed by atoms with van der Waals surface area (Å²) in [6.45, 7) is 6.26. The van der Waals surface area contributed by atoms with Crippen LogP contribution < -0.4 is 4.90 Å². The van der Waals surface area contributed by atoms with Gasteiger partial charge in [0, 0.05) is 19.3 Å². The Morgan fingerprint density at radius 3 is 2.65 bits per heavy atom. The lowest BCUT2D eigenvalue weighted by Gasteiger charge is -2.37. The summed E-state index contributed by atoms with van der Waals surface area (Å²) in [7, 11) is 0. The lowest BCUT2D eigenvalue weighted by atomic mass is 9.82. The second-order valence-corrected chi connectivity index (χ2v) is 5.33. The van der Waals surface area contributed by atoms with E-state index in [4.69, 9.17) is 5.11 Å². The number of carbonyl (C=O) groups is 1. The average molecular weight is 234 g/mol. The highest BCUT2D eigenvalue weighted by Gasteiger charge is 2.27. The second kappa shape index (κ2) is 4.35. The molecule has 0 unspecified atom stereocenters. The Bertz CT molecular complexity index is 419.